The van der Waals surface area contributed by atoms with Crippen molar-refractivity contribution in [1.82, 2.24) is 4.90 Å². The molecule has 0 aliphatic heterocycles. The third-order valence-electron chi connectivity index (χ3n) is 3.31. The number of ether oxygens (including phenoxy) is 1. The molecule has 126 valence electrons. The summed E-state index contributed by atoms with van der Waals surface area (Å²) in [5, 5.41) is 20.7. The van der Waals surface area contributed by atoms with Crippen LogP contribution in [0.5, 0.6) is 0 Å². The van der Waals surface area contributed by atoms with Crippen molar-refractivity contribution >= 4 is 17.7 Å². The van der Waals surface area contributed by atoms with Crippen molar-refractivity contribution in [3.63, 3.8) is 0 Å². The van der Waals surface area contributed by atoms with Gasteiger partial charge in [0.2, 0.25) is 0 Å². The predicted molar refractivity (Wildman–Crippen MR) is 86.9 cm³/mol. The minimum Gasteiger partial charge on any atom is -0.460 e. The Morgan fingerprint density at radius 2 is 2.04 bits per heavy atom. The minimum atomic E-state index is -0.765. The molecule has 0 saturated heterocycles. The maximum atomic E-state index is 11.6. The lowest BCUT2D eigenvalue weighted by Gasteiger charge is -2.21. The first-order valence-corrected chi connectivity index (χ1v) is 7.46. The van der Waals surface area contributed by atoms with Gasteiger partial charge in [0.15, 0.2) is 0 Å². The van der Waals surface area contributed by atoms with E-state index in [0.717, 1.165) is 19.2 Å². The maximum Gasteiger partial charge on any atom is 0.330 e. The molecule has 7 nitrogen and oxygen atoms in total. The van der Waals surface area contributed by atoms with E-state index in [4.69, 9.17) is 4.74 Å². The molecule has 0 radical (unpaired) electrons. The lowest BCUT2D eigenvalue weighted by Crippen LogP contribution is -2.35. The summed E-state index contributed by atoms with van der Waals surface area (Å²) in [7, 11) is 0. The number of carbonyl (C=O) groups excluding carboxylic acids is 1. The lowest BCUT2D eigenvalue weighted by atomic mass is 10.1. The number of para-hydroxylation sites is 1. The Balaban J connectivity index is 2.52. The summed E-state index contributed by atoms with van der Waals surface area (Å²) >= 11 is 0. The molecule has 1 rings (SSSR count). The number of nitro benzene ring substituents is 1. The van der Waals surface area contributed by atoms with E-state index in [2.05, 4.69) is 0 Å². The summed E-state index contributed by atoms with van der Waals surface area (Å²) in [4.78, 5) is 24.0. The highest BCUT2D eigenvalue weighted by molar-refractivity contribution is 5.87. The number of aliphatic hydroxyl groups excluding tert-OH is 1. The third kappa shape index (κ3) is 6.58. The smallest absolute Gasteiger partial charge is 0.330 e. The fourth-order valence-electron chi connectivity index (χ4n) is 2.01. The molecule has 0 fully saturated rings. The van der Waals surface area contributed by atoms with Crippen molar-refractivity contribution in [2.45, 2.75) is 20.0 Å². The number of likely N-dealkylation sites (N-methyl/N-ethyl adjacent to an activating group) is 1. The second kappa shape index (κ2) is 9.70. The number of esters is 1. The first-order chi connectivity index (χ1) is 11.0. The Hall–Kier alpha value is -2.25. The van der Waals surface area contributed by atoms with Gasteiger partial charge in [-0.2, -0.15) is 0 Å². The average molecular weight is 322 g/mol. The SMILES string of the molecule is CCN(CC)CC(O)COC(=O)/C=C/c1ccccc1[N+](=O)[O-]. The molecule has 0 spiro atoms. The van der Waals surface area contributed by atoms with Crippen molar-refractivity contribution < 1.29 is 19.6 Å². The Morgan fingerprint density at radius 3 is 2.65 bits per heavy atom. The molecule has 0 heterocycles. The number of nitro groups is 1. The van der Waals surface area contributed by atoms with E-state index in [-0.39, 0.29) is 12.3 Å². The van der Waals surface area contributed by atoms with E-state index >= 15 is 0 Å². The van der Waals surface area contributed by atoms with E-state index in [9.17, 15) is 20.0 Å². The van der Waals surface area contributed by atoms with Crippen LogP contribution < -0.4 is 0 Å². The molecule has 0 aliphatic carbocycles. The van der Waals surface area contributed by atoms with Crippen LogP contribution in [-0.4, -0.2) is 53.2 Å². The fourth-order valence-corrected chi connectivity index (χ4v) is 2.01. The van der Waals surface area contributed by atoms with Crippen molar-refractivity contribution in [3.8, 4) is 0 Å². The van der Waals surface area contributed by atoms with Crippen molar-refractivity contribution in [2.75, 3.05) is 26.2 Å². The van der Waals surface area contributed by atoms with Crippen LogP contribution in [0.3, 0.4) is 0 Å². The zero-order valence-corrected chi connectivity index (χ0v) is 13.3. The summed E-state index contributed by atoms with van der Waals surface area (Å²) in [6.07, 6.45) is 1.68. The highest BCUT2D eigenvalue weighted by Crippen LogP contribution is 2.18. The molecule has 0 aromatic heterocycles. The van der Waals surface area contributed by atoms with Gasteiger partial charge in [0.25, 0.3) is 5.69 Å². The number of rotatable bonds is 9. The molecule has 1 aromatic rings. The van der Waals surface area contributed by atoms with Gasteiger partial charge < -0.3 is 14.7 Å². The quantitative estimate of drug-likeness (QED) is 0.323. The third-order valence-corrected chi connectivity index (χ3v) is 3.31. The molecule has 0 bridgehead atoms. The van der Waals surface area contributed by atoms with E-state index in [1.807, 2.05) is 18.7 Å². The Kier molecular flexibility index (Phi) is 7.93. The number of hydrogen-bond acceptors (Lipinski definition) is 6. The maximum absolute atomic E-state index is 11.6. The number of benzene rings is 1. The van der Waals surface area contributed by atoms with Gasteiger partial charge in [-0.25, -0.2) is 4.79 Å². The average Bonchev–Trinajstić information content (AvgIpc) is 2.56. The van der Waals surface area contributed by atoms with E-state index in [1.165, 1.54) is 18.2 Å². The first kappa shape index (κ1) is 18.8. The minimum absolute atomic E-state index is 0.0851. The van der Waals surface area contributed by atoms with Crippen molar-refractivity contribution in [1.29, 1.82) is 0 Å². The summed E-state index contributed by atoms with van der Waals surface area (Å²) < 4.78 is 4.94. The zero-order valence-electron chi connectivity index (χ0n) is 13.3. The molecule has 0 saturated carbocycles. The van der Waals surface area contributed by atoms with Crippen molar-refractivity contribution in [2.24, 2.45) is 0 Å². The van der Waals surface area contributed by atoms with Crippen LogP contribution in [0.15, 0.2) is 30.3 Å². The second-order valence-electron chi connectivity index (χ2n) is 4.92. The molecular weight excluding hydrogens is 300 g/mol. The number of nitrogens with zero attached hydrogens (tertiary/aromatic N) is 2. The molecule has 1 atom stereocenters. The Labute approximate surface area is 135 Å². The molecular formula is C16H22N2O5. The van der Waals surface area contributed by atoms with Gasteiger partial charge in [-0.15, -0.1) is 0 Å². The highest BCUT2D eigenvalue weighted by Gasteiger charge is 2.12. The summed E-state index contributed by atoms with van der Waals surface area (Å²) in [5.41, 5.74) is 0.233. The van der Waals surface area contributed by atoms with Crippen LogP contribution in [-0.2, 0) is 9.53 Å². The Morgan fingerprint density at radius 1 is 1.39 bits per heavy atom. The molecule has 0 amide bonds. The highest BCUT2D eigenvalue weighted by atomic mass is 16.6. The summed E-state index contributed by atoms with van der Waals surface area (Å²) in [5.74, 6) is -0.651. The molecule has 0 aliphatic rings. The standard InChI is InChI=1S/C16H22N2O5/c1-3-17(4-2)11-14(19)12-23-16(20)10-9-13-7-5-6-8-15(13)18(21)22/h5-10,14,19H,3-4,11-12H2,1-2H3/b10-9+. The van der Waals surface area contributed by atoms with E-state index in [1.54, 1.807) is 12.1 Å². The molecule has 1 unspecified atom stereocenters. The largest absolute Gasteiger partial charge is 0.460 e. The lowest BCUT2D eigenvalue weighted by molar-refractivity contribution is -0.385. The Bertz CT molecular complexity index is 555. The molecule has 1 aromatic carbocycles. The number of aliphatic hydroxyl groups is 1. The molecule has 23 heavy (non-hydrogen) atoms. The van der Waals surface area contributed by atoms with Gasteiger partial charge in [-0.3, -0.25) is 10.1 Å². The van der Waals surface area contributed by atoms with Crippen LogP contribution >= 0.6 is 0 Å². The number of hydrogen-bond donors (Lipinski definition) is 1. The van der Waals surface area contributed by atoms with Crippen molar-refractivity contribution in [3.05, 3.63) is 46.0 Å². The first-order valence-electron chi connectivity index (χ1n) is 7.46. The van der Waals surface area contributed by atoms with E-state index < -0.39 is 17.0 Å². The predicted octanol–water partition coefficient (Wildman–Crippen LogP) is 1.85. The van der Waals surface area contributed by atoms with Crippen LogP contribution in [0.2, 0.25) is 0 Å². The van der Waals surface area contributed by atoms with Gasteiger partial charge >= 0.3 is 5.97 Å². The normalized spacial score (nSPS) is 12.5. The summed E-state index contributed by atoms with van der Waals surface area (Å²) in [6, 6.07) is 6.10. The number of carbonyl (C=O) groups is 1. The van der Waals surface area contributed by atoms with Gasteiger partial charge in [0, 0.05) is 18.7 Å². The van der Waals surface area contributed by atoms with Gasteiger partial charge in [-0.05, 0) is 25.2 Å². The monoisotopic (exact) mass is 322 g/mol. The molecule has 1 N–H and O–H groups in total. The van der Waals surface area contributed by atoms with Crippen LogP contribution in [0.25, 0.3) is 6.08 Å². The fraction of sp³-hybridized carbons (Fsp3) is 0.438. The summed E-state index contributed by atoms with van der Waals surface area (Å²) in [6.45, 7) is 5.89. The zero-order chi connectivity index (χ0) is 17.2. The van der Waals surface area contributed by atoms with Crippen LogP contribution in [0, 0.1) is 10.1 Å². The van der Waals surface area contributed by atoms with Crippen LogP contribution in [0.1, 0.15) is 19.4 Å². The molecule has 7 heteroatoms. The van der Waals surface area contributed by atoms with Gasteiger partial charge in [0.1, 0.15) is 12.7 Å². The van der Waals surface area contributed by atoms with Crippen LogP contribution in [0.4, 0.5) is 5.69 Å². The topological polar surface area (TPSA) is 92.9 Å². The second-order valence-corrected chi connectivity index (χ2v) is 4.92. The van der Waals surface area contributed by atoms with E-state index in [0.29, 0.717) is 12.1 Å². The van der Waals surface area contributed by atoms with Gasteiger partial charge in [0.05, 0.1) is 10.5 Å². The van der Waals surface area contributed by atoms with Gasteiger partial charge in [-0.1, -0.05) is 26.0 Å².